The van der Waals surface area contributed by atoms with Gasteiger partial charge in [-0.15, -0.1) is 0 Å². The number of nitrogens with zero attached hydrogens (tertiary/aromatic N) is 2. The predicted octanol–water partition coefficient (Wildman–Crippen LogP) is -6.73. The van der Waals surface area contributed by atoms with E-state index in [9.17, 15) is 72.5 Å². The number of fused-ring (bicyclic) bond motifs is 4. The van der Waals surface area contributed by atoms with Crippen LogP contribution in [0, 0.1) is 5.92 Å². The average molecular weight is 1610 g/mol. The van der Waals surface area contributed by atoms with E-state index in [2.05, 4.69) is 73.8 Å². The van der Waals surface area contributed by atoms with E-state index in [-0.39, 0.29) is 77.4 Å². The average Bonchev–Trinajstić information content (AvgIpc) is 1.70. The molecule has 39 nitrogen and oxygen atoms in total. The molecule has 3 fully saturated rings. The lowest BCUT2D eigenvalue weighted by Gasteiger charge is -2.34. The zero-order valence-corrected chi connectivity index (χ0v) is 66.6. The number of benzene rings is 2. The normalized spacial score (nSPS) is 28.3. The molecule has 3 saturated heterocycles. The number of aliphatic hydroxyl groups excluding tert-OH is 2. The Labute approximate surface area is 666 Å². The second kappa shape index (κ2) is 42.4. The van der Waals surface area contributed by atoms with E-state index >= 15 is 4.79 Å². The molecule has 39 heteroatoms. The number of carbonyl (C=O) groups excluding carboxylic acids is 14. The van der Waals surface area contributed by atoms with E-state index in [1.54, 1.807) is 74.8 Å². The van der Waals surface area contributed by atoms with Crippen LogP contribution >= 0.6 is 0 Å². The Morgan fingerprint density at radius 1 is 0.391 bits per heavy atom. The molecular weight excluding hydrogens is 1490 g/mol. The fourth-order valence-electron chi connectivity index (χ4n) is 14.3. The van der Waals surface area contributed by atoms with Gasteiger partial charge in [0.2, 0.25) is 82.7 Å². The van der Waals surface area contributed by atoms with E-state index in [1.807, 2.05) is 0 Å². The zero-order chi connectivity index (χ0) is 85.0. The summed E-state index contributed by atoms with van der Waals surface area (Å²) < 4.78 is 0. The summed E-state index contributed by atoms with van der Waals surface area (Å²) in [5.41, 5.74) is 46.7. The lowest BCUT2D eigenvalue weighted by Crippen LogP contribution is -2.66. The number of H-pyrrole nitrogens is 2. The van der Waals surface area contributed by atoms with Crippen molar-refractivity contribution in [2.75, 3.05) is 26.2 Å². The number of hydrogen-bond donors (Lipinski definition) is 23. The minimum absolute atomic E-state index is 0.0129. The highest BCUT2D eigenvalue weighted by Gasteiger charge is 2.47. The van der Waals surface area contributed by atoms with Crippen molar-refractivity contribution in [3.63, 3.8) is 0 Å². The largest absolute Gasteiger partial charge is 0.396 e. The first kappa shape index (κ1) is 91.9. The number of unbranched alkanes of at least 4 members (excludes halogenated alkanes) is 1. The second-order valence-electron chi connectivity index (χ2n) is 30.7. The van der Waals surface area contributed by atoms with Gasteiger partial charge in [0.05, 0.1) is 6.10 Å². The lowest BCUT2D eigenvalue weighted by molar-refractivity contribution is -0.148. The highest BCUT2D eigenvalue weighted by Crippen LogP contribution is 2.28. The highest BCUT2D eigenvalue weighted by atomic mass is 16.3. The third kappa shape index (κ3) is 24.0. The van der Waals surface area contributed by atoms with Crippen molar-refractivity contribution < 1.29 is 77.3 Å². The topological polar surface area (TPSA) is 644 Å². The number of carbonyl (C=O) groups is 14. The molecule has 3 aliphatic heterocycles. The minimum Gasteiger partial charge on any atom is -0.396 e. The summed E-state index contributed by atoms with van der Waals surface area (Å²) in [5.74, 6) is -14.2. The lowest BCUT2D eigenvalue weighted by atomic mass is 9.96. The smallest absolute Gasteiger partial charge is 0.247 e. The van der Waals surface area contributed by atoms with Crippen LogP contribution in [0.3, 0.4) is 0 Å². The van der Waals surface area contributed by atoms with Crippen LogP contribution in [-0.2, 0) is 80.0 Å². The van der Waals surface area contributed by atoms with Gasteiger partial charge in [0.15, 0.2) is 0 Å². The minimum atomic E-state index is -1.79. The molecule has 3 aliphatic rings. The Bertz CT molecular complexity index is 4090. The van der Waals surface area contributed by atoms with Gasteiger partial charge >= 0.3 is 0 Å². The third-order valence-corrected chi connectivity index (χ3v) is 21.2. The Morgan fingerprint density at radius 3 is 1.12 bits per heavy atom. The van der Waals surface area contributed by atoms with Crippen LogP contribution in [0.4, 0.5) is 0 Å². The molecule has 2 aromatic carbocycles. The number of nitrogens with one attached hydrogen (secondary N) is 14. The van der Waals surface area contributed by atoms with Gasteiger partial charge in [0, 0.05) is 103 Å². The first-order valence-electron chi connectivity index (χ1n) is 39.3. The maximum atomic E-state index is 15.1. The summed E-state index contributed by atoms with van der Waals surface area (Å²) in [6.07, 6.45) is 2.04. The van der Waals surface area contributed by atoms with Gasteiger partial charge in [-0.1, -0.05) is 56.7 Å². The van der Waals surface area contributed by atoms with Gasteiger partial charge in [-0.05, 0) is 136 Å². The van der Waals surface area contributed by atoms with Gasteiger partial charge in [-0.2, -0.15) is 0 Å². The molecule has 22 atom stereocenters. The first-order chi connectivity index (χ1) is 54.4. The van der Waals surface area contributed by atoms with Crippen LogP contribution in [0.5, 0.6) is 0 Å². The third-order valence-electron chi connectivity index (χ3n) is 21.2. The fraction of sp³-hybridized carbons (Fsp3) is 0.605. The molecule has 2 aromatic heterocycles. The van der Waals surface area contributed by atoms with E-state index in [1.165, 1.54) is 58.3 Å². The number of nitrogens with two attached hydrogens (primary N) is 7. The summed E-state index contributed by atoms with van der Waals surface area (Å²) >= 11 is 0. The van der Waals surface area contributed by atoms with Crippen LogP contribution in [-0.4, -0.2) is 266 Å². The quantitative estimate of drug-likeness (QED) is 0.0388. The molecule has 6 unspecified atom stereocenters. The number of aromatic amines is 2. The van der Waals surface area contributed by atoms with Crippen molar-refractivity contribution in [2.45, 2.75) is 260 Å². The molecule has 4 aromatic rings. The molecule has 0 spiro atoms. The van der Waals surface area contributed by atoms with Crippen LogP contribution in [0.25, 0.3) is 21.8 Å². The number of amides is 14. The summed E-state index contributed by atoms with van der Waals surface area (Å²) in [4.78, 5) is 215. The molecule has 0 aliphatic carbocycles. The van der Waals surface area contributed by atoms with Crippen LogP contribution < -0.4 is 104 Å². The zero-order valence-electron chi connectivity index (χ0n) is 66.6. The van der Waals surface area contributed by atoms with Gasteiger partial charge in [0.25, 0.3) is 0 Å². The fourth-order valence-corrected chi connectivity index (χ4v) is 14.3. The SMILES string of the molecule is CC[C@H](C)[C@@H]1NC(=O)[C@H](Cc2c[nH]c3ccccc23)NC(=O)[C@H]([C@@H](C)O)NC(=O)[C@@H]2CCCN2C(=O)[C@H]2CCCN2C(=O)[C@H](C(C)N)NC(=O)[C@H](CCO)NC(=O)[C@H](C(C)N)NC(=O)[C@H](C(C)N)NC(=O)[C@H](Cc2c[nH]c3ccccc23)NC(=O)[C@H](C(C)N)NC(=O)[C@H](C(C)N)NC(=O)[C@H](CCCCN)NC(=O)[C@H](C(C)N)NC1=O. The van der Waals surface area contributed by atoms with E-state index < -0.39 is 229 Å². The number of hydrogen-bond acceptors (Lipinski definition) is 23. The molecule has 115 heavy (non-hydrogen) atoms. The van der Waals surface area contributed by atoms with Crippen molar-refractivity contribution in [1.82, 2.24) is 83.6 Å². The van der Waals surface area contributed by atoms with E-state index in [0.717, 1.165) is 0 Å². The number of rotatable bonds is 19. The second-order valence-corrected chi connectivity index (χ2v) is 30.7. The molecule has 0 bridgehead atoms. The standard InChI is InChI=1S/C76H119N23O16/c1-10-35(2)55-68(107)93-56(36(3)78)69(108)86-49(23-15-16-27-77)63(102)91-59(39(6)81)72(111)95-58(38(5)80)71(110)88-52(32-44-34-85-48-22-14-12-20-46(44)48)66(105)92-60(40(7)82)73(112)94-57(37(4)79)70(109)87-50(26-30-100)64(103)96-61(41(8)83)76(115)99-29-18-25-54(99)75(114)98-28-17-24-53(98)67(106)97-62(42(9)101)74(113)89-51(65(104)90-55)31-43-33-84-47-21-13-11-19-45(43)47/h11-14,19-22,33-42,49-62,84-85,100-101H,10,15-18,23-32,77-83H2,1-9H3,(H,86,108)(H,87,109)(H,88,110)(H,89,113)(H,90,104)(H,91,102)(H,92,105)(H,93,107)(H,94,112)(H,95,111)(H,96,103)(H,97,106)/t35-,36?,37?,38?,39?,40?,41?,42+,49-,50-,51-,52-,53-,54+,55-,56-,57-,58-,59-,60-,61-,62-/m0/s1. The Morgan fingerprint density at radius 2 is 0.722 bits per heavy atom. The van der Waals surface area contributed by atoms with E-state index in [4.69, 9.17) is 40.1 Å². The predicted molar refractivity (Wildman–Crippen MR) is 424 cm³/mol. The molecule has 0 radical (unpaired) electrons. The molecule has 14 amide bonds. The number of para-hydroxylation sites is 2. The first-order valence-corrected chi connectivity index (χ1v) is 39.3. The Kier molecular flexibility index (Phi) is 33.9. The van der Waals surface area contributed by atoms with Gasteiger partial charge in [0.1, 0.15) is 84.6 Å². The molecule has 0 saturated carbocycles. The monoisotopic (exact) mass is 1610 g/mol. The number of aromatic nitrogens is 2. The Balaban J connectivity index is 1.27. The maximum absolute atomic E-state index is 15.1. The van der Waals surface area contributed by atoms with Crippen LogP contribution in [0.15, 0.2) is 60.9 Å². The van der Waals surface area contributed by atoms with Gasteiger partial charge in [-0.25, -0.2) is 0 Å². The van der Waals surface area contributed by atoms with Crippen LogP contribution in [0.2, 0.25) is 0 Å². The molecule has 5 heterocycles. The van der Waals surface area contributed by atoms with Crippen LogP contribution in [0.1, 0.15) is 131 Å². The van der Waals surface area contributed by atoms with Crippen molar-refractivity contribution >= 4 is 105 Å². The maximum Gasteiger partial charge on any atom is 0.247 e. The van der Waals surface area contributed by atoms with Crippen molar-refractivity contribution in [3.8, 4) is 0 Å². The van der Waals surface area contributed by atoms with Crippen molar-refractivity contribution in [2.24, 2.45) is 46.1 Å². The Hall–Kier alpha value is -10.3. The summed E-state index contributed by atoms with van der Waals surface area (Å²) in [6, 6.07) is -15.3. The van der Waals surface area contributed by atoms with E-state index in [0.29, 0.717) is 39.4 Å². The van der Waals surface area contributed by atoms with Crippen molar-refractivity contribution in [1.29, 1.82) is 0 Å². The molecule has 30 N–H and O–H groups in total. The number of aliphatic hydroxyl groups is 2. The highest BCUT2D eigenvalue weighted by molar-refractivity contribution is 6.02. The van der Waals surface area contributed by atoms with Crippen molar-refractivity contribution in [3.05, 3.63) is 72.1 Å². The summed E-state index contributed by atoms with van der Waals surface area (Å²) in [7, 11) is 0. The summed E-state index contributed by atoms with van der Waals surface area (Å²) in [6.45, 7) is 12.3. The van der Waals surface area contributed by atoms with Gasteiger partial charge < -0.3 is 134 Å². The molecule has 634 valence electrons. The van der Waals surface area contributed by atoms with Gasteiger partial charge in [-0.3, -0.25) is 67.1 Å². The molecular formula is C76H119N23O16. The molecule has 7 rings (SSSR count). The summed E-state index contributed by atoms with van der Waals surface area (Å²) in [5, 5.41) is 54.1.